The molecular formula is C16H25F2N. The Kier molecular flexibility index (Phi) is 7.00. The summed E-state index contributed by atoms with van der Waals surface area (Å²) in [6, 6.07) is 3.93. The maximum atomic E-state index is 13.9. The Morgan fingerprint density at radius 1 is 1.16 bits per heavy atom. The van der Waals surface area contributed by atoms with Crippen molar-refractivity contribution in [3.05, 3.63) is 35.4 Å². The van der Waals surface area contributed by atoms with E-state index in [9.17, 15) is 8.78 Å². The van der Waals surface area contributed by atoms with E-state index in [0.29, 0.717) is 11.5 Å². The molecule has 0 amide bonds. The molecule has 0 aliphatic rings. The average molecular weight is 269 g/mol. The van der Waals surface area contributed by atoms with Crippen LogP contribution in [0.5, 0.6) is 0 Å². The summed E-state index contributed by atoms with van der Waals surface area (Å²) in [4.78, 5) is 0. The fourth-order valence-corrected chi connectivity index (χ4v) is 2.51. The molecule has 0 fully saturated rings. The Labute approximate surface area is 115 Å². The van der Waals surface area contributed by atoms with E-state index in [1.54, 1.807) is 6.07 Å². The second-order valence-electron chi connectivity index (χ2n) is 5.24. The highest BCUT2D eigenvalue weighted by atomic mass is 19.1. The van der Waals surface area contributed by atoms with Gasteiger partial charge in [-0.05, 0) is 30.5 Å². The second kappa shape index (κ2) is 8.26. The normalized spacial score (nSPS) is 14.4. The van der Waals surface area contributed by atoms with Gasteiger partial charge < -0.3 is 5.32 Å². The summed E-state index contributed by atoms with van der Waals surface area (Å²) in [5.74, 6) is -0.447. The zero-order valence-electron chi connectivity index (χ0n) is 12.2. The SMILES string of the molecule is CCCNCC(c1ccc(F)cc1F)C(C)CCC. The van der Waals surface area contributed by atoms with Crippen LogP contribution in [0.4, 0.5) is 8.78 Å². The minimum atomic E-state index is -0.510. The molecule has 0 saturated heterocycles. The average Bonchev–Trinajstić information content (AvgIpc) is 2.36. The lowest BCUT2D eigenvalue weighted by Crippen LogP contribution is -2.27. The van der Waals surface area contributed by atoms with Gasteiger partial charge in [0.15, 0.2) is 0 Å². The van der Waals surface area contributed by atoms with E-state index in [1.807, 2.05) is 0 Å². The predicted octanol–water partition coefficient (Wildman–Crippen LogP) is 4.48. The van der Waals surface area contributed by atoms with Crippen LogP contribution in [0.1, 0.15) is 51.5 Å². The molecule has 0 aliphatic heterocycles. The summed E-state index contributed by atoms with van der Waals surface area (Å²) < 4.78 is 27.0. The molecule has 0 radical (unpaired) electrons. The minimum Gasteiger partial charge on any atom is -0.316 e. The largest absolute Gasteiger partial charge is 0.316 e. The van der Waals surface area contributed by atoms with Gasteiger partial charge in [-0.25, -0.2) is 8.78 Å². The standard InChI is InChI=1S/C16H25F2N/c1-4-6-12(3)15(11-19-9-5-2)14-8-7-13(17)10-16(14)18/h7-8,10,12,15,19H,4-6,9,11H2,1-3H3. The molecule has 1 nitrogen and oxygen atoms in total. The van der Waals surface area contributed by atoms with E-state index in [-0.39, 0.29) is 5.92 Å². The monoisotopic (exact) mass is 269 g/mol. The van der Waals surface area contributed by atoms with Crippen molar-refractivity contribution >= 4 is 0 Å². The van der Waals surface area contributed by atoms with Gasteiger partial charge in [0.2, 0.25) is 0 Å². The molecule has 1 aromatic rings. The minimum absolute atomic E-state index is 0.104. The van der Waals surface area contributed by atoms with Crippen LogP contribution in [0.3, 0.4) is 0 Å². The van der Waals surface area contributed by atoms with Crippen LogP contribution >= 0.6 is 0 Å². The third kappa shape index (κ3) is 4.90. The third-order valence-electron chi connectivity index (χ3n) is 3.58. The van der Waals surface area contributed by atoms with E-state index in [1.165, 1.54) is 6.07 Å². The third-order valence-corrected chi connectivity index (χ3v) is 3.58. The number of nitrogens with one attached hydrogen (secondary N) is 1. The van der Waals surface area contributed by atoms with Crippen molar-refractivity contribution in [2.24, 2.45) is 5.92 Å². The first-order valence-electron chi connectivity index (χ1n) is 7.25. The molecule has 0 aliphatic carbocycles. The topological polar surface area (TPSA) is 12.0 Å². The van der Waals surface area contributed by atoms with Crippen molar-refractivity contribution in [2.45, 2.75) is 46.0 Å². The summed E-state index contributed by atoms with van der Waals surface area (Å²) in [6.07, 6.45) is 3.18. The molecule has 3 heteroatoms. The van der Waals surface area contributed by atoms with Crippen LogP contribution in [0.25, 0.3) is 0 Å². The summed E-state index contributed by atoms with van der Waals surface area (Å²) in [5.41, 5.74) is 0.631. The van der Waals surface area contributed by atoms with Gasteiger partial charge in [0.25, 0.3) is 0 Å². The Balaban J connectivity index is 2.87. The van der Waals surface area contributed by atoms with Crippen molar-refractivity contribution in [3.8, 4) is 0 Å². The fourth-order valence-electron chi connectivity index (χ4n) is 2.51. The summed E-state index contributed by atoms with van der Waals surface area (Å²) >= 11 is 0. The quantitative estimate of drug-likeness (QED) is 0.686. The molecule has 0 heterocycles. The van der Waals surface area contributed by atoms with E-state index in [0.717, 1.165) is 38.4 Å². The van der Waals surface area contributed by atoms with E-state index >= 15 is 0 Å². The van der Waals surface area contributed by atoms with Crippen molar-refractivity contribution in [1.82, 2.24) is 5.32 Å². The molecule has 2 unspecified atom stereocenters. The van der Waals surface area contributed by atoms with Gasteiger partial charge in [0.1, 0.15) is 11.6 Å². The Morgan fingerprint density at radius 2 is 1.89 bits per heavy atom. The van der Waals surface area contributed by atoms with Gasteiger partial charge in [0, 0.05) is 18.5 Å². The molecule has 0 bridgehead atoms. The van der Waals surface area contributed by atoms with Crippen molar-refractivity contribution in [2.75, 3.05) is 13.1 Å². The maximum absolute atomic E-state index is 13.9. The Morgan fingerprint density at radius 3 is 2.47 bits per heavy atom. The van der Waals surface area contributed by atoms with Crippen LogP contribution in [-0.4, -0.2) is 13.1 Å². The molecule has 0 aromatic heterocycles. The molecule has 1 aromatic carbocycles. The van der Waals surface area contributed by atoms with E-state index < -0.39 is 11.6 Å². The highest BCUT2D eigenvalue weighted by Crippen LogP contribution is 2.29. The number of benzene rings is 1. The highest BCUT2D eigenvalue weighted by molar-refractivity contribution is 5.23. The summed E-state index contributed by atoms with van der Waals surface area (Å²) in [6.45, 7) is 8.06. The summed E-state index contributed by atoms with van der Waals surface area (Å²) in [7, 11) is 0. The molecule has 19 heavy (non-hydrogen) atoms. The fraction of sp³-hybridized carbons (Fsp3) is 0.625. The van der Waals surface area contributed by atoms with Crippen LogP contribution < -0.4 is 5.32 Å². The lowest BCUT2D eigenvalue weighted by molar-refractivity contribution is 0.391. The smallest absolute Gasteiger partial charge is 0.129 e. The number of rotatable bonds is 8. The number of hydrogen-bond donors (Lipinski definition) is 1. The van der Waals surface area contributed by atoms with Gasteiger partial charge in [-0.3, -0.25) is 0 Å². The molecule has 1 N–H and O–H groups in total. The lowest BCUT2D eigenvalue weighted by atomic mass is 9.84. The van der Waals surface area contributed by atoms with E-state index in [4.69, 9.17) is 0 Å². The van der Waals surface area contributed by atoms with Gasteiger partial charge in [-0.1, -0.05) is 39.7 Å². The molecule has 0 saturated carbocycles. The van der Waals surface area contributed by atoms with Crippen molar-refractivity contribution in [3.63, 3.8) is 0 Å². The number of halogens is 2. The first-order valence-corrected chi connectivity index (χ1v) is 7.25. The van der Waals surface area contributed by atoms with Crippen molar-refractivity contribution in [1.29, 1.82) is 0 Å². The lowest BCUT2D eigenvalue weighted by Gasteiger charge is -2.25. The van der Waals surface area contributed by atoms with Gasteiger partial charge in [-0.15, -0.1) is 0 Å². The molecule has 0 spiro atoms. The van der Waals surface area contributed by atoms with Crippen LogP contribution in [0.15, 0.2) is 18.2 Å². The van der Waals surface area contributed by atoms with Crippen LogP contribution in [0.2, 0.25) is 0 Å². The second-order valence-corrected chi connectivity index (χ2v) is 5.24. The van der Waals surface area contributed by atoms with Gasteiger partial charge >= 0.3 is 0 Å². The van der Waals surface area contributed by atoms with Gasteiger partial charge in [-0.2, -0.15) is 0 Å². The Hall–Kier alpha value is -0.960. The zero-order valence-corrected chi connectivity index (χ0v) is 12.2. The molecule has 108 valence electrons. The first kappa shape index (κ1) is 16.1. The van der Waals surface area contributed by atoms with Gasteiger partial charge in [0.05, 0.1) is 0 Å². The Bertz CT molecular complexity index is 379. The zero-order chi connectivity index (χ0) is 14.3. The van der Waals surface area contributed by atoms with E-state index in [2.05, 4.69) is 26.1 Å². The molecule has 1 rings (SSSR count). The number of hydrogen-bond acceptors (Lipinski definition) is 1. The first-order chi connectivity index (χ1) is 9.10. The predicted molar refractivity (Wildman–Crippen MR) is 76.3 cm³/mol. The highest BCUT2D eigenvalue weighted by Gasteiger charge is 2.21. The summed E-state index contributed by atoms with van der Waals surface area (Å²) in [5, 5.41) is 3.35. The molecular weight excluding hydrogens is 244 g/mol. The van der Waals surface area contributed by atoms with Crippen LogP contribution in [-0.2, 0) is 0 Å². The van der Waals surface area contributed by atoms with Crippen LogP contribution in [0, 0.1) is 17.6 Å². The van der Waals surface area contributed by atoms with Crippen molar-refractivity contribution < 1.29 is 8.78 Å². The molecule has 2 atom stereocenters. The maximum Gasteiger partial charge on any atom is 0.129 e.